The summed E-state index contributed by atoms with van der Waals surface area (Å²) in [6, 6.07) is 7.15. The Balaban J connectivity index is 1.79. The van der Waals surface area contributed by atoms with Crippen molar-refractivity contribution in [2.24, 2.45) is 5.92 Å². The molecule has 2 rings (SSSR count). The summed E-state index contributed by atoms with van der Waals surface area (Å²) >= 11 is 0. The first-order valence-corrected chi connectivity index (χ1v) is 7.80. The molecule has 1 aromatic rings. The second-order valence-electron chi connectivity index (χ2n) is 7.23. The number of aryl methyl sites for hydroxylation is 3. The lowest BCUT2D eigenvalue weighted by molar-refractivity contribution is 0.372. The molecular formula is C18H29N. The third-order valence-electron chi connectivity index (χ3n) is 4.07. The standard InChI is InChI=1S/C18H29N/c1-14(13-19-18(2,3)4)8-9-15-10-11-16-6-5-7-17(16)12-15/h10-12,14,19H,5-9,13H2,1-4H3. The third kappa shape index (κ3) is 4.65. The maximum absolute atomic E-state index is 3.60. The molecule has 0 aromatic heterocycles. The van der Waals surface area contributed by atoms with E-state index in [1.807, 2.05) is 0 Å². The van der Waals surface area contributed by atoms with E-state index in [0.717, 1.165) is 12.5 Å². The molecule has 1 aliphatic rings. The second-order valence-corrected chi connectivity index (χ2v) is 7.23. The minimum absolute atomic E-state index is 0.238. The zero-order chi connectivity index (χ0) is 13.9. The maximum Gasteiger partial charge on any atom is 0.00966 e. The normalized spacial score (nSPS) is 16.4. The summed E-state index contributed by atoms with van der Waals surface area (Å²) < 4.78 is 0. The monoisotopic (exact) mass is 259 g/mol. The van der Waals surface area contributed by atoms with Crippen molar-refractivity contribution in [3.05, 3.63) is 34.9 Å². The Kier molecular flexibility index (Phi) is 4.67. The van der Waals surface area contributed by atoms with E-state index in [1.165, 1.54) is 37.7 Å². The Hall–Kier alpha value is -0.820. The topological polar surface area (TPSA) is 12.0 Å². The lowest BCUT2D eigenvalue weighted by Gasteiger charge is -2.23. The fourth-order valence-corrected chi connectivity index (χ4v) is 2.78. The molecule has 0 heterocycles. The van der Waals surface area contributed by atoms with Crippen LogP contribution in [0.5, 0.6) is 0 Å². The lowest BCUT2D eigenvalue weighted by atomic mass is 9.97. The number of nitrogens with one attached hydrogen (secondary N) is 1. The molecule has 0 amide bonds. The van der Waals surface area contributed by atoms with Crippen LogP contribution < -0.4 is 5.32 Å². The maximum atomic E-state index is 3.60. The molecule has 1 nitrogen and oxygen atoms in total. The van der Waals surface area contributed by atoms with Crippen molar-refractivity contribution in [1.82, 2.24) is 5.32 Å². The van der Waals surface area contributed by atoms with Crippen molar-refractivity contribution in [2.75, 3.05) is 6.54 Å². The van der Waals surface area contributed by atoms with E-state index in [9.17, 15) is 0 Å². The number of rotatable bonds is 5. The van der Waals surface area contributed by atoms with Gasteiger partial charge < -0.3 is 5.32 Å². The Morgan fingerprint density at radius 2 is 1.89 bits per heavy atom. The highest BCUT2D eigenvalue weighted by molar-refractivity contribution is 5.35. The van der Waals surface area contributed by atoms with Gasteiger partial charge in [0, 0.05) is 5.54 Å². The van der Waals surface area contributed by atoms with Gasteiger partial charge in [-0.15, -0.1) is 0 Å². The van der Waals surface area contributed by atoms with Crippen LogP contribution in [0.3, 0.4) is 0 Å². The summed E-state index contributed by atoms with van der Waals surface area (Å²) in [6.07, 6.45) is 6.44. The number of hydrogen-bond donors (Lipinski definition) is 1. The van der Waals surface area contributed by atoms with Gasteiger partial charge in [-0.1, -0.05) is 25.1 Å². The first-order valence-electron chi connectivity index (χ1n) is 7.80. The van der Waals surface area contributed by atoms with Crippen LogP contribution in [0.25, 0.3) is 0 Å². The van der Waals surface area contributed by atoms with Crippen molar-refractivity contribution in [2.45, 2.75) is 65.3 Å². The number of hydrogen-bond acceptors (Lipinski definition) is 1. The Bertz CT molecular complexity index is 414. The van der Waals surface area contributed by atoms with Gasteiger partial charge in [0.2, 0.25) is 0 Å². The van der Waals surface area contributed by atoms with E-state index in [-0.39, 0.29) is 5.54 Å². The van der Waals surface area contributed by atoms with Gasteiger partial charge in [-0.3, -0.25) is 0 Å². The van der Waals surface area contributed by atoms with Gasteiger partial charge in [0.05, 0.1) is 0 Å². The summed E-state index contributed by atoms with van der Waals surface area (Å²) in [7, 11) is 0. The van der Waals surface area contributed by atoms with Gasteiger partial charge in [-0.2, -0.15) is 0 Å². The smallest absolute Gasteiger partial charge is 0.00966 e. The van der Waals surface area contributed by atoms with Gasteiger partial charge in [0.15, 0.2) is 0 Å². The fraction of sp³-hybridized carbons (Fsp3) is 0.667. The predicted molar refractivity (Wildman–Crippen MR) is 83.7 cm³/mol. The average molecular weight is 259 g/mol. The summed E-state index contributed by atoms with van der Waals surface area (Å²) in [4.78, 5) is 0. The van der Waals surface area contributed by atoms with Crippen molar-refractivity contribution in [1.29, 1.82) is 0 Å². The second kappa shape index (κ2) is 6.09. The first kappa shape index (κ1) is 14.6. The van der Waals surface area contributed by atoms with E-state index in [4.69, 9.17) is 0 Å². The highest BCUT2D eigenvalue weighted by atomic mass is 14.9. The van der Waals surface area contributed by atoms with Gasteiger partial charge in [0.25, 0.3) is 0 Å². The van der Waals surface area contributed by atoms with Crippen LogP contribution in [0.4, 0.5) is 0 Å². The highest BCUT2D eigenvalue weighted by Gasteiger charge is 2.13. The molecule has 0 aliphatic heterocycles. The van der Waals surface area contributed by atoms with Crippen LogP contribution >= 0.6 is 0 Å². The molecule has 19 heavy (non-hydrogen) atoms. The van der Waals surface area contributed by atoms with E-state index in [1.54, 1.807) is 11.1 Å². The summed E-state index contributed by atoms with van der Waals surface area (Å²) in [6.45, 7) is 10.2. The largest absolute Gasteiger partial charge is 0.312 e. The molecule has 0 saturated heterocycles. The molecule has 1 N–H and O–H groups in total. The van der Waals surface area contributed by atoms with Gasteiger partial charge in [0.1, 0.15) is 0 Å². The SMILES string of the molecule is CC(CCc1ccc2c(c1)CCC2)CNC(C)(C)C. The van der Waals surface area contributed by atoms with Crippen LogP contribution in [-0.4, -0.2) is 12.1 Å². The van der Waals surface area contributed by atoms with Crippen LogP contribution in [0.1, 0.15) is 57.2 Å². The van der Waals surface area contributed by atoms with Gasteiger partial charge in [-0.25, -0.2) is 0 Å². The first-order chi connectivity index (χ1) is 8.94. The van der Waals surface area contributed by atoms with E-state index in [0.29, 0.717) is 0 Å². The molecule has 1 heteroatoms. The average Bonchev–Trinajstić information content (AvgIpc) is 2.80. The molecule has 0 fully saturated rings. The number of fused-ring (bicyclic) bond motifs is 1. The molecule has 0 radical (unpaired) electrons. The minimum Gasteiger partial charge on any atom is -0.312 e. The van der Waals surface area contributed by atoms with Crippen molar-refractivity contribution in [3.63, 3.8) is 0 Å². The highest BCUT2D eigenvalue weighted by Crippen LogP contribution is 2.23. The van der Waals surface area contributed by atoms with Crippen LogP contribution in [0, 0.1) is 5.92 Å². The lowest BCUT2D eigenvalue weighted by Crippen LogP contribution is -2.38. The van der Waals surface area contributed by atoms with E-state index >= 15 is 0 Å². The van der Waals surface area contributed by atoms with Crippen LogP contribution in [0.15, 0.2) is 18.2 Å². The zero-order valence-corrected chi connectivity index (χ0v) is 13.1. The zero-order valence-electron chi connectivity index (χ0n) is 13.1. The van der Waals surface area contributed by atoms with E-state index in [2.05, 4.69) is 51.2 Å². The molecular weight excluding hydrogens is 230 g/mol. The minimum atomic E-state index is 0.238. The van der Waals surface area contributed by atoms with Crippen molar-refractivity contribution < 1.29 is 0 Å². The molecule has 1 aromatic carbocycles. The van der Waals surface area contributed by atoms with Gasteiger partial charge >= 0.3 is 0 Å². The molecule has 106 valence electrons. The quantitative estimate of drug-likeness (QED) is 0.838. The Labute approximate surface area is 118 Å². The number of benzene rings is 1. The Morgan fingerprint density at radius 3 is 2.63 bits per heavy atom. The van der Waals surface area contributed by atoms with Gasteiger partial charge in [-0.05, 0) is 82.0 Å². The molecule has 1 unspecified atom stereocenters. The summed E-state index contributed by atoms with van der Waals surface area (Å²) in [5, 5.41) is 3.60. The van der Waals surface area contributed by atoms with Crippen LogP contribution in [-0.2, 0) is 19.3 Å². The molecule has 0 bridgehead atoms. The molecule has 0 spiro atoms. The predicted octanol–water partition coefficient (Wildman–Crippen LogP) is 4.13. The Morgan fingerprint density at radius 1 is 1.16 bits per heavy atom. The van der Waals surface area contributed by atoms with Crippen molar-refractivity contribution >= 4 is 0 Å². The fourth-order valence-electron chi connectivity index (χ4n) is 2.78. The summed E-state index contributed by atoms with van der Waals surface area (Å²) in [5.74, 6) is 0.743. The molecule has 0 saturated carbocycles. The van der Waals surface area contributed by atoms with E-state index < -0.39 is 0 Å². The summed E-state index contributed by atoms with van der Waals surface area (Å²) in [5.41, 5.74) is 4.97. The molecule has 1 atom stereocenters. The third-order valence-corrected chi connectivity index (χ3v) is 4.07. The van der Waals surface area contributed by atoms with Crippen molar-refractivity contribution in [3.8, 4) is 0 Å². The molecule has 1 aliphatic carbocycles. The van der Waals surface area contributed by atoms with Crippen LogP contribution in [0.2, 0.25) is 0 Å².